The molecule has 50 valence electrons. The molecule has 0 fully saturated rings. The van der Waals surface area contributed by atoms with Gasteiger partial charge in [-0.1, -0.05) is 34.2 Å². The van der Waals surface area contributed by atoms with E-state index in [9.17, 15) is 0 Å². The number of hydrogen-bond acceptors (Lipinski definition) is 1. The molecular weight excluding hydrogens is 196 g/mol. The van der Waals surface area contributed by atoms with Gasteiger partial charge < -0.3 is 0 Å². The second-order valence-corrected chi connectivity index (χ2v) is 5.28. The molecule has 0 aromatic carbocycles. The van der Waals surface area contributed by atoms with Gasteiger partial charge in [-0.05, 0) is 6.42 Å². The Bertz CT molecular complexity index is 142. The predicted molar refractivity (Wildman–Crippen MR) is 48.1 cm³/mol. The molecule has 1 aliphatic heterocycles. The van der Waals surface area contributed by atoms with E-state index in [0.717, 1.165) is 12.2 Å². The lowest BCUT2D eigenvalue weighted by Crippen LogP contribution is -2.06. The molecule has 0 bridgehead atoms. The Kier molecular flexibility index (Phi) is 2.42. The van der Waals surface area contributed by atoms with Crippen molar-refractivity contribution in [2.45, 2.75) is 10.1 Å². The predicted octanol–water partition coefficient (Wildman–Crippen LogP) is 2.96. The molecule has 1 aliphatic rings. The number of rotatable bonds is 2. The quantitative estimate of drug-likeness (QED) is 0.493. The largest absolute Gasteiger partial charge is 0.135 e. The highest BCUT2D eigenvalue weighted by atomic mass is 79.9. The highest BCUT2D eigenvalue weighted by Crippen LogP contribution is 2.41. The van der Waals surface area contributed by atoms with Crippen molar-refractivity contribution in [3.63, 3.8) is 0 Å². The van der Waals surface area contributed by atoms with E-state index in [1.54, 1.807) is 0 Å². The molecule has 0 saturated carbocycles. The van der Waals surface area contributed by atoms with Crippen LogP contribution in [0.1, 0.15) is 6.42 Å². The summed E-state index contributed by atoms with van der Waals surface area (Å²) in [5, 5.41) is 0. The summed E-state index contributed by atoms with van der Waals surface area (Å²) in [6.07, 6.45) is 7.33. The SMILES string of the molecule is C=CCC1(Br)C=CCS1. The van der Waals surface area contributed by atoms with Gasteiger partial charge in [0.05, 0.1) is 3.66 Å². The topological polar surface area (TPSA) is 0 Å². The van der Waals surface area contributed by atoms with E-state index >= 15 is 0 Å². The fraction of sp³-hybridized carbons (Fsp3) is 0.429. The maximum absolute atomic E-state index is 3.69. The van der Waals surface area contributed by atoms with Crippen LogP contribution in [0.15, 0.2) is 24.8 Å². The highest BCUT2D eigenvalue weighted by molar-refractivity contribution is 9.12. The van der Waals surface area contributed by atoms with Crippen molar-refractivity contribution in [3.8, 4) is 0 Å². The molecule has 1 heterocycles. The van der Waals surface area contributed by atoms with E-state index in [1.165, 1.54) is 0 Å². The highest BCUT2D eigenvalue weighted by Gasteiger charge is 2.24. The van der Waals surface area contributed by atoms with Gasteiger partial charge in [-0.25, -0.2) is 0 Å². The first-order valence-electron chi connectivity index (χ1n) is 2.88. The van der Waals surface area contributed by atoms with Crippen LogP contribution in [0.5, 0.6) is 0 Å². The number of hydrogen-bond donors (Lipinski definition) is 0. The Morgan fingerprint density at radius 3 is 3.11 bits per heavy atom. The van der Waals surface area contributed by atoms with Crippen LogP contribution in [-0.4, -0.2) is 9.41 Å². The number of alkyl halides is 1. The third kappa shape index (κ3) is 1.87. The van der Waals surface area contributed by atoms with E-state index in [2.05, 4.69) is 34.7 Å². The maximum Gasteiger partial charge on any atom is 0.0925 e. The van der Waals surface area contributed by atoms with Crippen molar-refractivity contribution in [2.24, 2.45) is 0 Å². The Balaban J connectivity index is 2.51. The van der Waals surface area contributed by atoms with Crippen LogP contribution < -0.4 is 0 Å². The van der Waals surface area contributed by atoms with Crippen LogP contribution in [0.4, 0.5) is 0 Å². The molecule has 0 aliphatic carbocycles. The molecular formula is C7H9BrS. The molecule has 0 aromatic heterocycles. The van der Waals surface area contributed by atoms with E-state index in [4.69, 9.17) is 0 Å². The summed E-state index contributed by atoms with van der Waals surface area (Å²) in [7, 11) is 0. The Labute approximate surface area is 68.5 Å². The molecule has 0 radical (unpaired) electrons. The lowest BCUT2D eigenvalue weighted by Gasteiger charge is -2.14. The Morgan fingerprint density at radius 2 is 2.67 bits per heavy atom. The summed E-state index contributed by atoms with van der Waals surface area (Å²) in [5.74, 6) is 1.12. The van der Waals surface area contributed by atoms with Crippen molar-refractivity contribution < 1.29 is 0 Å². The van der Waals surface area contributed by atoms with E-state index < -0.39 is 0 Å². The van der Waals surface area contributed by atoms with Gasteiger partial charge in [0, 0.05) is 5.75 Å². The third-order valence-corrected chi connectivity index (χ3v) is 3.63. The molecule has 0 amide bonds. The summed E-state index contributed by atoms with van der Waals surface area (Å²) >= 11 is 5.51. The van der Waals surface area contributed by atoms with Crippen LogP contribution in [0, 0.1) is 0 Å². The molecule has 0 nitrogen and oxygen atoms in total. The van der Waals surface area contributed by atoms with Crippen molar-refractivity contribution in [1.82, 2.24) is 0 Å². The summed E-state index contributed by atoms with van der Waals surface area (Å²) in [6, 6.07) is 0. The van der Waals surface area contributed by atoms with Crippen molar-refractivity contribution >= 4 is 27.7 Å². The van der Waals surface area contributed by atoms with Gasteiger partial charge in [0.1, 0.15) is 0 Å². The van der Waals surface area contributed by atoms with E-state index in [-0.39, 0.29) is 3.66 Å². The van der Waals surface area contributed by atoms with Crippen LogP contribution in [0.2, 0.25) is 0 Å². The molecule has 0 spiro atoms. The molecule has 1 rings (SSSR count). The minimum Gasteiger partial charge on any atom is -0.135 e. The zero-order valence-corrected chi connectivity index (χ0v) is 7.54. The molecule has 0 N–H and O–H groups in total. The molecule has 1 unspecified atom stereocenters. The lowest BCUT2D eigenvalue weighted by atomic mass is 10.3. The standard InChI is InChI=1S/C7H9BrS/c1-2-4-7(8)5-3-6-9-7/h2-3,5H,1,4,6H2. The first kappa shape index (κ1) is 7.42. The molecule has 9 heavy (non-hydrogen) atoms. The van der Waals surface area contributed by atoms with Gasteiger partial charge in [0.25, 0.3) is 0 Å². The first-order valence-corrected chi connectivity index (χ1v) is 4.66. The lowest BCUT2D eigenvalue weighted by molar-refractivity contribution is 1.04. The summed E-state index contributed by atoms with van der Waals surface area (Å²) < 4.78 is 0.175. The van der Waals surface area contributed by atoms with Crippen LogP contribution >= 0.6 is 27.7 Å². The average Bonchev–Trinajstić information content (AvgIpc) is 2.16. The van der Waals surface area contributed by atoms with Gasteiger partial charge in [0.2, 0.25) is 0 Å². The van der Waals surface area contributed by atoms with Gasteiger partial charge in [-0.15, -0.1) is 18.3 Å². The van der Waals surface area contributed by atoms with Gasteiger partial charge in [0.15, 0.2) is 0 Å². The molecule has 2 heteroatoms. The number of allylic oxidation sites excluding steroid dienone is 1. The van der Waals surface area contributed by atoms with Crippen molar-refractivity contribution in [1.29, 1.82) is 0 Å². The Morgan fingerprint density at radius 1 is 1.89 bits per heavy atom. The summed E-state index contributed by atoms with van der Waals surface area (Å²) in [5.41, 5.74) is 0. The molecule has 0 aromatic rings. The Hall–Kier alpha value is 0.310. The third-order valence-electron chi connectivity index (χ3n) is 1.21. The van der Waals surface area contributed by atoms with Gasteiger partial charge >= 0.3 is 0 Å². The van der Waals surface area contributed by atoms with Crippen LogP contribution in [-0.2, 0) is 0 Å². The normalized spacial score (nSPS) is 33.0. The monoisotopic (exact) mass is 204 g/mol. The average molecular weight is 205 g/mol. The van der Waals surface area contributed by atoms with Gasteiger partial charge in [-0.2, -0.15) is 0 Å². The van der Waals surface area contributed by atoms with Crippen LogP contribution in [0.3, 0.4) is 0 Å². The number of thioether (sulfide) groups is 1. The first-order chi connectivity index (χ1) is 4.27. The zero-order valence-electron chi connectivity index (χ0n) is 5.14. The minimum atomic E-state index is 0.175. The van der Waals surface area contributed by atoms with Crippen molar-refractivity contribution in [3.05, 3.63) is 24.8 Å². The summed E-state index contributed by atoms with van der Waals surface area (Å²) in [4.78, 5) is 0. The molecule has 0 saturated heterocycles. The summed E-state index contributed by atoms with van der Waals surface area (Å²) in [6.45, 7) is 3.69. The van der Waals surface area contributed by atoms with E-state index in [1.807, 2.05) is 17.8 Å². The van der Waals surface area contributed by atoms with Crippen LogP contribution in [0.25, 0.3) is 0 Å². The second kappa shape index (κ2) is 2.93. The van der Waals surface area contributed by atoms with Crippen molar-refractivity contribution in [2.75, 3.05) is 5.75 Å². The maximum atomic E-state index is 3.69. The van der Waals surface area contributed by atoms with Gasteiger partial charge in [-0.3, -0.25) is 0 Å². The van der Waals surface area contributed by atoms with E-state index in [0.29, 0.717) is 0 Å². The fourth-order valence-corrected chi connectivity index (χ4v) is 2.49. The smallest absolute Gasteiger partial charge is 0.0925 e. The fourth-order valence-electron chi connectivity index (χ4n) is 0.783. The molecule has 1 atom stereocenters. The zero-order chi connectivity index (χ0) is 6.74. The minimum absolute atomic E-state index is 0.175. The number of halogens is 1. The second-order valence-electron chi connectivity index (χ2n) is 1.99.